The first-order valence-corrected chi connectivity index (χ1v) is 9.57. The third-order valence-electron chi connectivity index (χ3n) is 6.25. The topological polar surface area (TPSA) is 46.6 Å². The molecule has 140 valence electrons. The van der Waals surface area contributed by atoms with E-state index < -0.39 is 5.41 Å². The highest BCUT2D eigenvalue weighted by Gasteiger charge is 2.62. The van der Waals surface area contributed by atoms with Crippen LogP contribution in [0, 0.1) is 11.3 Å². The first-order chi connectivity index (χ1) is 13.1. The molecule has 1 aliphatic heterocycles. The van der Waals surface area contributed by atoms with Crippen molar-refractivity contribution in [1.29, 1.82) is 0 Å². The van der Waals surface area contributed by atoms with Gasteiger partial charge in [-0.2, -0.15) is 0 Å². The Morgan fingerprint density at radius 1 is 1.07 bits per heavy atom. The summed E-state index contributed by atoms with van der Waals surface area (Å²) in [6.07, 6.45) is 1.23. The molecule has 1 aliphatic carbocycles. The minimum atomic E-state index is -0.791. The Kier molecular flexibility index (Phi) is 4.83. The van der Waals surface area contributed by atoms with Gasteiger partial charge in [0.1, 0.15) is 5.78 Å². The van der Waals surface area contributed by atoms with Crippen LogP contribution < -0.4 is 0 Å². The number of methoxy groups -OCH3 is 1. The van der Waals surface area contributed by atoms with Crippen molar-refractivity contribution in [2.75, 3.05) is 20.2 Å². The van der Waals surface area contributed by atoms with E-state index in [9.17, 15) is 9.59 Å². The lowest BCUT2D eigenvalue weighted by Crippen LogP contribution is -2.50. The molecule has 2 aliphatic rings. The highest BCUT2D eigenvalue weighted by atomic mass is 16.5. The van der Waals surface area contributed by atoms with Crippen LogP contribution in [0.4, 0.5) is 0 Å². The zero-order valence-corrected chi connectivity index (χ0v) is 15.6. The van der Waals surface area contributed by atoms with Crippen molar-refractivity contribution in [2.24, 2.45) is 11.3 Å². The zero-order valence-electron chi connectivity index (χ0n) is 15.6. The normalized spacial score (nSPS) is 28.0. The fourth-order valence-electron chi connectivity index (χ4n) is 5.08. The van der Waals surface area contributed by atoms with Gasteiger partial charge in [-0.05, 0) is 17.5 Å². The van der Waals surface area contributed by atoms with E-state index in [-0.39, 0.29) is 23.6 Å². The van der Waals surface area contributed by atoms with Crippen molar-refractivity contribution in [3.8, 4) is 0 Å². The minimum Gasteiger partial charge on any atom is -0.469 e. The monoisotopic (exact) mass is 363 g/mol. The molecule has 27 heavy (non-hydrogen) atoms. The highest BCUT2D eigenvalue weighted by Crippen LogP contribution is 2.54. The summed E-state index contributed by atoms with van der Waals surface area (Å²) in [6, 6.07) is 20.3. The maximum Gasteiger partial charge on any atom is 0.314 e. The molecule has 2 fully saturated rings. The van der Waals surface area contributed by atoms with Crippen LogP contribution in [0.15, 0.2) is 60.7 Å². The molecule has 1 saturated heterocycles. The van der Waals surface area contributed by atoms with Crippen LogP contribution in [0.3, 0.4) is 0 Å². The number of benzene rings is 2. The minimum absolute atomic E-state index is 0.00891. The predicted molar refractivity (Wildman–Crippen MR) is 103 cm³/mol. The molecule has 3 atom stereocenters. The lowest BCUT2D eigenvalue weighted by molar-refractivity contribution is -0.161. The number of Topliss-reactive ketones (excluding diaryl/α,β-unsaturated/α-hetero) is 1. The largest absolute Gasteiger partial charge is 0.469 e. The lowest BCUT2D eigenvalue weighted by atomic mass is 9.59. The second kappa shape index (κ2) is 7.28. The van der Waals surface area contributed by atoms with E-state index in [1.54, 1.807) is 0 Å². The Morgan fingerprint density at radius 3 is 2.41 bits per heavy atom. The van der Waals surface area contributed by atoms with Gasteiger partial charge < -0.3 is 4.74 Å². The highest BCUT2D eigenvalue weighted by molar-refractivity contribution is 5.92. The summed E-state index contributed by atoms with van der Waals surface area (Å²) in [5, 5.41) is 0. The maximum atomic E-state index is 13.1. The van der Waals surface area contributed by atoms with E-state index >= 15 is 0 Å². The number of carbonyl (C=O) groups is 2. The van der Waals surface area contributed by atoms with Gasteiger partial charge in [-0.1, -0.05) is 60.7 Å². The number of esters is 1. The number of fused-ring (bicyclic) bond motifs is 1. The summed E-state index contributed by atoms with van der Waals surface area (Å²) >= 11 is 0. The molecular weight excluding hydrogens is 338 g/mol. The molecule has 0 amide bonds. The molecule has 4 nitrogen and oxygen atoms in total. The summed E-state index contributed by atoms with van der Waals surface area (Å²) in [6.45, 7) is 1.92. The van der Waals surface area contributed by atoms with Crippen molar-refractivity contribution in [3.63, 3.8) is 0 Å². The van der Waals surface area contributed by atoms with Crippen molar-refractivity contribution < 1.29 is 14.3 Å². The average molecular weight is 363 g/mol. The quantitative estimate of drug-likeness (QED) is 0.781. The predicted octanol–water partition coefficient (Wildman–Crippen LogP) is 3.42. The van der Waals surface area contributed by atoms with E-state index in [1.165, 1.54) is 12.7 Å². The third-order valence-corrected chi connectivity index (χ3v) is 6.25. The molecular formula is C23H25NO3. The second-order valence-corrected chi connectivity index (χ2v) is 7.71. The molecule has 0 aromatic heterocycles. The molecule has 4 rings (SSSR count). The van der Waals surface area contributed by atoms with Crippen LogP contribution in [0.5, 0.6) is 0 Å². The van der Waals surface area contributed by atoms with E-state index in [0.29, 0.717) is 25.9 Å². The summed E-state index contributed by atoms with van der Waals surface area (Å²) < 4.78 is 5.28. The Labute approximate surface area is 160 Å². The van der Waals surface area contributed by atoms with Gasteiger partial charge in [0.05, 0.1) is 12.5 Å². The Bertz CT molecular complexity index is 820. The molecule has 2 aromatic rings. The van der Waals surface area contributed by atoms with E-state index in [2.05, 4.69) is 29.2 Å². The standard InChI is InChI=1S/C23H25NO3/c1-27-22(26)23-16-24(14-17-8-4-2-5-9-17)15-20(23)21(25)13-12-19(23)18-10-6-3-7-11-18/h2-11,19-20H,12-16H2,1H3. The van der Waals surface area contributed by atoms with Gasteiger partial charge in [-0.15, -0.1) is 0 Å². The van der Waals surface area contributed by atoms with Gasteiger partial charge >= 0.3 is 5.97 Å². The smallest absolute Gasteiger partial charge is 0.314 e. The lowest BCUT2D eigenvalue weighted by Gasteiger charge is -2.42. The van der Waals surface area contributed by atoms with E-state index in [4.69, 9.17) is 4.74 Å². The summed E-state index contributed by atoms with van der Waals surface area (Å²) in [5.74, 6) is -0.338. The van der Waals surface area contributed by atoms with Gasteiger partial charge in [0.15, 0.2) is 0 Å². The van der Waals surface area contributed by atoms with Gasteiger partial charge in [-0.3, -0.25) is 14.5 Å². The molecule has 0 N–H and O–H groups in total. The fourth-order valence-corrected chi connectivity index (χ4v) is 5.08. The molecule has 0 spiro atoms. The Balaban J connectivity index is 1.72. The van der Waals surface area contributed by atoms with Crippen molar-refractivity contribution >= 4 is 11.8 Å². The number of carbonyl (C=O) groups excluding carboxylic acids is 2. The molecule has 0 radical (unpaired) electrons. The fraction of sp³-hybridized carbons (Fsp3) is 0.391. The number of nitrogens with zero attached hydrogens (tertiary/aromatic N) is 1. The Morgan fingerprint density at radius 2 is 1.74 bits per heavy atom. The SMILES string of the molecule is COC(=O)C12CN(Cc3ccccc3)CC1C(=O)CCC2c1ccccc1. The number of rotatable bonds is 4. The number of hydrogen-bond acceptors (Lipinski definition) is 4. The van der Waals surface area contributed by atoms with Crippen LogP contribution in [0.25, 0.3) is 0 Å². The zero-order chi connectivity index (χ0) is 18.9. The number of ketones is 1. The summed E-state index contributed by atoms with van der Waals surface area (Å²) in [4.78, 5) is 28.2. The van der Waals surface area contributed by atoms with Gasteiger partial charge in [-0.25, -0.2) is 0 Å². The first-order valence-electron chi connectivity index (χ1n) is 9.57. The molecule has 2 aromatic carbocycles. The average Bonchev–Trinajstić information content (AvgIpc) is 3.10. The van der Waals surface area contributed by atoms with Gasteiger partial charge in [0.25, 0.3) is 0 Å². The number of ether oxygens (including phenoxy) is 1. The van der Waals surface area contributed by atoms with Gasteiger partial charge in [0.2, 0.25) is 0 Å². The summed E-state index contributed by atoms with van der Waals surface area (Å²) in [7, 11) is 1.44. The summed E-state index contributed by atoms with van der Waals surface area (Å²) in [5.41, 5.74) is 1.53. The number of hydrogen-bond donors (Lipinski definition) is 0. The third kappa shape index (κ3) is 3.08. The van der Waals surface area contributed by atoms with Crippen LogP contribution >= 0.6 is 0 Å². The molecule has 1 heterocycles. The Hall–Kier alpha value is -2.46. The van der Waals surface area contributed by atoms with Gasteiger partial charge in [0, 0.05) is 37.9 Å². The van der Waals surface area contributed by atoms with E-state index in [0.717, 1.165) is 12.1 Å². The van der Waals surface area contributed by atoms with Crippen molar-refractivity contribution in [1.82, 2.24) is 4.90 Å². The van der Waals surface area contributed by atoms with Crippen molar-refractivity contribution in [3.05, 3.63) is 71.8 Å². The first kappa shape index (κ1) is 17.9. The molecule has 4 heteroatoms. The van der Waals surface area contributed by atoms with Crippen LogP contribution in [0.2, 0.25) is 0 Å². The molecule has 3 unspecified atom stereocenters. The number of likely N-dealkylation sites (tertiary alicyclic amines) is 1. The molecule has 0 bridgehead atoms. The van der Waals surface area contributed by atoms with E-state index in [1.807, 2.05) is 36.4 Å². The van der Waals surface area contributed by atoms with Crippen LogP contribution in [-0.2, 0) is 20.9 Å². The second-order valence-electron chi connectivity index (χ2n) is 7.71. The van der Waals surface area contributed by atoms with Crippen LogP contribution in [0.1, 0.15) is 29.9 Å². The van der Waals surface area contributed by atoms with Crippen molar-refractivity contribution in [2.45, 2.75) is 25.3 Å². The maximum absolute atomic E-state index is 13.1. The molecule has 1 saturated carbocycles. The van der Waals surface area contributed by atoms with Crippen LogP contribution in [-0.4, -0.2) is 36.9 Å².